The number of benzene rings is 2. The Morgan fingerprint density at radius 2 is 1.97 bits per heavy atom. The van der Waals surface area contributed by atoms with Crippen LogP contribution < -0.4 is 9.64 Å². The molecule has 0 spiro atoms. The first-order chi connectivity index (χ1) is 16.1. The Labute approximate surface area is 203 Å². The third-order valence-electron chi connectivity index (χ3n) is 5.85. The molecular weight excluding hydrogens is 488 g/mol. The molecule has 1 atom stereocenters. The molecule has 7 nitrogen and oxygen atoms in total. The van der Waals surface area contributed by atoms with E-state index in [1.807, 2.05) is 11.8 Å². The van der Waals surface area contributed by atoms with Gasteiger partial charge in [-0.3, -0.25) is 9.18 Å². The van der Waals surface area contributed by atoms with Gasteiger partial charge in [-0.15, -0.1) is 0 Å². The van der Waals surface area contributed by atoms with E-state index in [4.69, 9.17) is 16.3 Å². The maximum Gasteiger partial charge on any atom is 0.255 e. The number of amides is 1. The predicted octanol–water partition coefficient (Wildman–Crippen LogP) is 3.82. The van der Waals surface area contributed by atoms with E-state index in [-0.39, 0.29) is 40.4 Å². The van der Waals surface area contributed by atoms with E-state index in [2.05, 4.69) is 0 Å². The molecule has 0 aliphatic carbocycles. The van der Waals surface area contributed by atoms with Crippen LogP contribution in [0.3, 0.4) is 0 Å². The molecular formula is C23H28ClF2N3O4S. The number of rotatable bonds is 8. The number of ether oxygens (including phenoxy) is 1. The number of carbonyl (C=O) groups excluding carboxylic acids is 1. The van der Waals surface area contributed by atoms with Gasteiger partial charge in [-0.25, -0.2) is 17.1 Å². The minimum Gasteiger partial charge on any atom is -0.495 e. The van der Waals surface area contributed by atoms with Gasteiger partial charge >= 0.3 is 0 Å². The quantitative estimate of drug-likeness (QED) is 0.534. The lowest BCUT2D eigenvalue weighted by molar-refractivity contribution is 0.0726. The molecule has 2 aromatic carbocycles. The van der Waals surface area contributed by atoms with E-state index >= 15 is 0 Å². The summed E-state index contributed by atoms with van der Waals surface area (Å²) in [6, 6.07) is 8.10. The van der Waals surface area contributed by atoms with Crippen molar-refractivity contribution in [3.63, 3.8) is 0 Å². The van der Waals surface area contributed by atoms with Crippen molar-refractivity contribution < 1.29 is 26.7 Å². The van der Waals surface area contributed by atoms with E-state index in [1.54, 1.807) is 17.0 Å². The van der Waals surface area contributed by atoms with Crippen LogP contribution in [0.15, 0.2) is 41.3 Å². The van der Waals surface area contributed by atoms with Crippen LogP contribution in [0.5, 0.6) is 5.75 Å². The number of piperazine rings is 1. The molecule has 11 heteroatoms. The highest BCUT2D eigenvalue weighted by molar-refractivity contribution is 7.89. The van der Waals surface area contributed by atoms with Crippen molar-refractivity contribution in [3.8, 4) is 5.75 Å². The third-order valence-corrected chi connectivity index (χ3v) is 8.02. The van der Waals surface area contributed by atoms with Gasteiger partial charge in [-0.05, 0) is 49.7 Å². The Balaban J connectivity index is 1.84. The van der Waals surface area contributed by atoms with Crippen LogP contribution in [0.25, 0.3) is 0 Å². The second-order valence-corrected chi connectivity index (χ2v) is 10.6. The number of hydrogen-bond donors (Lipinski definition) is 0. The molecule has 3 rings (SSSR count). The molecule has 34 heavy (non-hydrogen) atoms. The second kappa shape index (κ2) is 10.9. The molecule has 1 amide bonds. The molecule has 1 fully saturated rings. The average Bonchev–Trinajstić information content (AvgIpc) is 2.81. The Morgan fingerprint density at radius 1 is 1.24 bits per heavy atom. The summed E-state index contributed by atoms with van der Waals surface area (Å²) in [4.78, 5) is 16.7. The maximum absolute atomic E-state index is 13.4. The summed E-state index contributed by atoms with van der Waals surface area (Å²) >= 11 is 6.07. The standard InChI is InChI=1S/C23H28ClF2N3O4S/c1-16-15-28(23(30)19-7-5-17(26)13-20(19)24)11-12-29(16)21-14-18(6-8-22(21)33-3)34(31,32)27(2)10-4-9-25/h5-8,13-14,16H,4,9-12,15H2,1-3H3/t16-/m0/s1. The summed E-state index contributed by atoms with van der Waals surface area (Å²) in [7, 11) is -0.888. The fourth-order valence-corrected chi connectivity index (χ4v) is 5.45. The highest BCUT2D eigenvalue weighted by Crippen LogP contribution is 2.34. The SMILES string of the molecule is COc1ccc(S(=O)(=O)N(C)CCCF)cc1N1CCN(C(=O)c2ccc(F)cc2Cl)C[C@@H]1C. The summed E-state index contributed by atoms with van der Waals surface area (Å²) in [5.41, 5.74) is 0.813. The van der Waals surface area contributed by atoms with Gasteiger partial charge in [0.2, 0.25) is 10.0 Å². The number of alkyl halides is 1. The fourth-order valence-electron chi connectivity index (χ4n) is 3.97. The Morgan fingerprint density at radius 3 is 2.59 bits per heavy atom. The number of sulfonamides is 1. The van der Waals surface area contributed by atoms with Gasteiger partial charge in [-0.2, -0.15) is 0 Å². The van der Waals surface area contributed by atoms with Crippen LogP contribution in [-0.4, -0.2) is 76.6 Å². The lowest BCUT2D eigenvalue weighted by atomic mass is 10.1. The highest BCUT2D eigenvalue weighted by atomic mass is 35.5. The van der Waals surface area contributed by atoms with Crippen LogP contribution in [0.2, 0.25) is 5.02 Å². The van der Waals surface area contributed by atoms with Crippen molar-refractivity contribution in [1.29, 1.82) is 0 Å². The number of hydrogen-bond acceptors (Lipinski definition) is 5. The second-order valence-electron chi connectivity index (χ2n) is 8.12. The van der Waals surface area contributed by atoms with Gasteiger partial charge < -0.3 is 14.5 Å². The summed E-state index contributed by atoms with van der Waals surface area (Å²) in [6.45, 7) is 2.51. The molecule has 0 N–H and O–H groups in total. The summed E-state index contributed by atoms with van der Waals surface area (Å²) < 4.78 is 58.4. The third kappa shape index (κ3) is 5.45. The largest absolute Gasteiger partial charge is 0.495 e. The molecule has 0 unspecified atom stereocenters. The molecule has 1 saturated heterocycles. The van der Waals surface area contributed by atoms with Crippen molar-refractivity contribution in [2.24, 2.45) is 0 Å². The summed E-state index contributed by atoms with van der Waals surface area (Å²) in [5, 5.41) is 0.0524. The smallest absolute Gasteiger partial charge is 0.255 e. The Kier molecular flexibility index (Phi) is 8.38. The minimum absolute atomic E-state index is 0.0524. The predicted molar refractivity (Wildman–Crippen MR) is 128 cm³/mol. The van der Waals surface area contributed by atoms with Crippen LogP contribution in [0, 0.1) is 5.82 Å². The van der Waals surface area contributed by atoms with Gasteiger partial charge in [0.15, 0.2) is 0 Å². The number of halogens is 3. The monoisotopic (exact) mass is 515 g/mol. The summed E-state index contributed by atoms with van der Waals surface area (Å²) in [6.07, 6.45) is 0.115. The number of methoxy groups -OCH3 is 1. The molecule has 2 aromatic rings. The molecule has 1 heterocycles. The number of nitrogens with zero attached hydrogens (tertiary/aromatic N) is 3. The van der Waals surface area contributed by atoms with Crippen LogP contribution >= 0.6 is 11.6 Å². The minimum atomic E-state index is -3.81. The number of anilines is 1. The Hall–Kier alpha value is -2.43. The zero-order chi connectivity index (χ0) is 25.0. The van der Waals surface area contributed by atoms with Crippen molar-refractivity contribution in [2.75, 3.05) is 51.9 Å². The van der Waals surface area contributed by atoms with Crippen molar-refractivity contribution >= 4 is 33.2 Å². The molecule has 1 aliphatic heterocycles. The van der Waals surface area contributed by atoms with Crippen molar-refractivity contribution in [2.45, 2.75) is 24.3 Å². The maximum atomic E-state index is 13.4. The lowest BCUT2D eigenvalue weighted by Gasteiger charge is -2.42. The van der Waals surface area contributed by atoms with E-state index < -0.39 is 22.5 Å². The first-order valence-corrected chi connectivity index (χ1v) is 12.6. The molecule has 0 aromatic heterocycles. The fraction of sp³-hybridized carbons (Fsp3) is 0.435. The summed E-state index contributed by atoms with van der Waals surface area (Å²) in [5.74, 6) is -0.315. The molecule has 0 bridgehead atoms. The van der Waals surface area contributed by atoms with Gasteiger partial charge in [0, 0.05) is 39.3 Å². The van der Waals surface area contributed by atoms with E-state index in [0.717, 1.165) is 10.4 Å². The molecule has 186 valence electrons. The first-order valence-electron chi connectivity index (χ1n) is 10.8. The van der Waals surface area contributed by atoms with Gasteiger partial charge in [0.05, 0.1) is 35.0 Å². The van der Waals surface area contributed by atoms with Gasteiger partial charge in [-0.1, -0.05) is 11.6 Å². The van der Waals surface area contributed by atoms with Gasteiger partial charge in [0.1, 0.15) is 11.6 Å². The lowest BCUT2D eigenvalue weighted by Crippen LogP contribution is -2.54. The first kappa shape index (κ1) is 26.2. The van der Waals surface area contributed by atoms with Crippen molar-refractivity contribution in [3.05, 3.63) is 52.8 Å². The molecule has 0 radical (unpaired) electrons. The van der Waals surface area contributed by atoms with E-state index in [9.17, 15) is 22.0 Å². The van der Waals surface area contributed by atoms with Crippen LogP contribution in [0.1, 0.15) is 23.7 Å². The normalized spacial score (nSPS) is 16.7. The van der Waals surface area contributed by atoms with Gasteiger partial charge in [0.25, 0.3) is 5.91 Å². The van der Waals surface area contributed by atoms with Crippen molar-refractivity contribution in [1.82, 2.24) is 9.21 Å². The zero-order valence-electron chi connectivity index (χ0n) is 19.3. The molecule has 0 saturated carbocycles. The van der Waals surface area contributed by atoms with E-state index in [0.29, 0.717) is 31.1 Å². The average molecular weight is 516 g/mol. The van der Waals surface area contributed by atoms with E-state index in [1.165, 1.54) is 32.4 Å². The topological polar surface area (TPSA) is 70.2 Å². The number of carbonyl (C=O) groups is 1. The molecule has 1 aliphatic rings. The Bertz CT molecular complexity index is 1150. The highest BCUT2D eigenvalue weighted by Gasteiger charge is 2.31. The van der Waals surface area contributed by atoms with Crippen LogP contribution in [-0.2, 0) is 10.0 Å². The zero-order valence-corrected chi connectivity index (χ0v) is 20.9. The van der Waals surface area contributed by atoms with Crippen LogP contribution in [0.4, 0.5) is 14.5 Å².